The van der Waals surface area contributed by atoms with Crippen molar-refractivity contribution < 1.29 is 14.3 Å². The van der Waals surface area contributed by atoms with Gasteiger partial charge in [-0.05, 0) is 38.0 Å². The zero-order valence-corrected chi connectivity index (χ0v) is 13.7. The normalized spacial score (nSPS) is 24.0. The Morgan fingerprint density at radius 3 is 2.83 bits per heavy atom. The third-order valence-electron chi connectivity index (χ3n) is 4.16. The number of benzene rings is 1. The second-order valence-electron chi connectivity index (χ2n) is 6.58. The number of amides is 1. The number of fused-ring (bicyclic) bond motifs is 1. The Morgan fingerprint density at radius 2 is 2.09 bits per heavy atom. The molecule has 3 N–H and O–H groups in total. The van der Waals surface area contributed by atoms with Crippen LogP contribution >= 0.6 is 0 Å². The Bertz CT molecular complexity index is 576. The number of nitrogens with two attached hydrogens (primary N) is 1. The summed E-state index contributed by atoms with van der Waals surface area (Å²) in [6.07, 6.45) is 0.698. The Morgan fingerprint density at radius 1 is 1.35 bits per heavy atom. The first-order valence-electron chi connectivity index (χ1n) is 8.21. The van der Waals surface area contributed by atoms with Crippen molar-refractivity contribution in [1.82, 2.24) is 10.2 Å². The second-order valence-corrected chi connectivity index (χ2v) is 6.58. The van der Waals surface area contributed by atoms with Gasteiger partial charge in [0.1, 0.15) is 13.2 Å². The molecule has 3 rings (SSSR count). The van der Waals surface area contributed by atoms with Gasteiger partial charge in [0.2, 0.25) is 5.91 Å². The summed E-state index contributed by atoms with van der Waals surface area (Å²) in [5, 5.41) is 2.99. The van der Waals surface area contributed by atoms with Gasteiger partial charge in [-0.1, -0.05) is 6.07 Å². The maximum absolute atomic E-state index is 12.4. The highest BCUT2D eigenvalue weighted by atomic mass is 16.6. The molecule has 0 spiro atoms. The van der Waals surface area contributed by atoms with Gasteiger partial charge in [0.25, 0.3) is 0 Å². The summed E-state index contributed by atoms with van der Waals surface area (Å²) in [5.74, 6) is 1.62. The van der Waals surface area contributed by atoms with Gasteiger partial charge in [-0.25, -0.2) is 0 Å². The van der Waals surface area contributed by atoms with Crippen LogP contribution in [0, 0.1) is 0 Å². The molecule has 1 aromatic rings. The maximum atomic E-state index is 12.4. The molecule has 2 aliphatic rings. The smallest absolute Gasteiger partial charge is 0.237 e. The number of carbonyl (C=O) groups excluding carboxylic acids is 1. The van der Waals surface area contributed by atoms with Crippen LogP contribution in [0.3, 0.4) is 0 Å². The number of nitrogens with one attached hydrogen (secondary N) is 1. The van der Waals surface area contributed by atoms with Gasteiger partial charge in [-0.3, -0.25) is 9.69 Å². The van der Waals surface area contributed by atoms with E-state index in [9.17, 15) is 4.79 Å². The average Bonchev–Trinajstić information content (AvgIpc) is 2.87. The third kappa shape index (κ3) is 3.76. The van der Waals surface area contributed by atoms with E-state index in [1.807, 2.05) is 32.0 Å². The minimum Gasteiger partial charge on any atom is -0.486 e. The Balaban J connectivity index is 1.71. The summed E-state index contributed by atoms with van der Waals surface area (Å²) in [6.45, 7) is 6.51. The van der Waals surface area contributed by atoms with Crippen molar-refractivity contribution in [3.63, 3.8) is 0 Å². The lowest BCUT2D eigenvalue weighted by Crippen LogP contribution is -2.45. The Hall–Kier alpha value is -1.79. The fraction of sp³-hybridized carbons (Fsp3) is 0.588. The fourth-order valence-corrected chi connectivity index (χ4v) is 3.19. The molecule has 1 saturated heterocycles. The quantitative estimate of drug-likeness (QED) is 0.862. The first-order chi connectivity index (χ1) is 11.0. The molecule has 2 atom stereocenters. The zero-order chi connectivity index (χ0) is 16.4. The van der Waals surface area contributed by atoms with Crippen molar-refractivity contribution in [2.75, 3.05) is 19.8 Å². The van der Waals surface area contributed by atoms with Crippen LogP contribution in [0.1, 0.15) is 25.8 Å². The molecule has 0 radical (unpaired) electrons. The molecule has 1 aromatic carbocycles. The van der Waals surface area contributed by atoms with Crippen molar-refractivity contribution in [3.8, 4) is 11.5 Å². The van der Waals surface area contributed by atoms with Gasteiger partial charge < -0.3 is 20.5 Å². The first-order valence-corrected chi connectivity index (χ1v) is 8.21. The molecule has 0 unspecified atom stereocenters. The summed E-state index contributed by atoms with van der Waals surface area (Å²) in [5.41, 5.74) is 7.18. The molecule has 0 aromatic heterocycles. The highest BCUT2D eigenvalue weighted by Gasteiger charge is 2.35. The Kier molecular flexibility index (Phi) is 4.73. The fourth-order valence-electron chi connectivity index (χ4n) is 3.19. The van der Waals surface area contributed by atoms with E-state index in [1.165, 1.54) is 0 Å². The zero-order valence-electron chi connectivity index (χ0n) is 13.7. The van der Waals surface area contributed by atoms with E-state index in [4.69, 9.17) is 15.2 Å². The van der Waals surface area contributed by atoms with E-state index < -0.39 is 0 Å². The summed E-state index contributed by atoms with van der Waals surface area (Å²) in [7, 11) is 0. The first kappa shape index (κ1) is 16.1. The Labute approximate surface area is 136 Å². The number of carbonyl (C=O) groups is 1. The van der Waals surface area contributed by atoms with Crippen LogP contribution in [0.5, 0.6) is 11.5 Å². The van der Waals surface area contributed by atoms with E-state index in [0.717, 1.165) is 23.6 Å². The number of hydrogen-bond donors (Lipinski definition) is 2. The van der Waals surface area contributed by atoms with Gasteiger partial charge in [0.05, 0.1) is 6.04 Å². The van der Waals surface area contributed by atoms with Crippen molar-refractivity contribution in [3.05, 3.63) is 23.8 Å². The van der Waals surface area contributed by atoms with Crippen molar-refractivity contribution in [2.24, 2.45) is 5.73 Å². The molecule has 1 fully saturated rings. The SMILES string of the molecule is CC(C)NC(=O)[C@@H]1C[C@H](N)CN1Cc1ccc2c(c1)OCCO2. The molecule has 1 amide bonds. The summed E-state index contributed by atoms with van der Waals surface area (Å²) < 4.78 is 11.2. The summed E-state index contributed by atoms with van der Waals surface area (Å²) in [6, 6.07) is 5.96. The topological polar surface area (TPSA) is 76.8 Å². The van der Waals surface area contributed by atoms with Crippen LogP contribution < -0.4 is 20.5 Å². The molecule has 6 nitrogen and oxygen atoms in total. The molecule has 23 heavy (non-hydrogen) atoms. The minimum atomic E-state index is -0.166. The molecule has 0 bridgehead atoms. The van der Waals surface area contributed by atoms with E-state index in [2.05, 4.69) is 10.2 Å². The van der Waals surface area contributed by atoms with Crippen LogP contribution in [0.15, 0.2) is 18.2 Å². The average molecular weight is 319 g/mol. The van der Waals surface area contributed by atoms with E-state index >= 15 is 0 Å². The number of rotatable bonds is 4. The number of likely N-dealkylation sites (tertiary alicyclic amines) is 1. The van der Waals surface area contributed by atoms with Crippen LogP contribution in [0.2, 0.25) is 0 Å². The van der Waals surface area contributed by atoms with E-state index in [0.29, 0.717) is 26.2 Å². The van der Waals surface area contributed by atoms with Crippen molar-refractivity contribution in [2.45, 2.75) is 44.9 Å². The van der Waals surface area contributed by atoms with Crippen molar-refractivity contribution >= 4 is 5.91 Å². The summed E-state index contributed by atoms with van der Waals surface area (Å²) >= 11 is 0. The molecule has 6 heteroatoms. The summed E-state index contributed by atoms with van der Waals surface area (Å²) in [4.78, 5) is 14.5. The molecule has 2 aliphatic heterocycles. The highest BCUT2D eigenvalue weighted by Crippen LogP contribution is 2.31. The lowest BCUT2D eigenvalue weighted by Gasteiger charge is -2.25. The number of hydrogen-bond acceptors (Lipinski definition) is 5. The predicted molar refractivity (Wildman–Crippen MR) is 87.5 cm³/mol. The third-order valence-corrected chi connectivity index (χ3v) is 4.16. The van der Waals surface area contributed by atoms with Gasteiger partial charge in [-0.2, -0.15) is 0 Å². The standard InChI is InChI=1S/C17H25N3O3/c1-11(2)19-17(21)14-8-13(18)10-20(14)9-12-3-4-15-16(7-12)23-6-5-22-15/h3-4,7,11,13-14H,5-6,8-10,18H2,1-2H3,(H,19,21)/t13-,14-/m0/s1. The van der Waals surface area contributed by atoms with Crippen LogP contribution in [-0.2, 0) is 11.3 Å². The van der Waals surface area contributed by atoms with Crippen molar-refractivity contribution in [1.29, 1.82) is 0 Å². The number of nitrogens with zero attached hydrogens (tertiary/aromatic N) is 1. The van der Waals surface area contributed by atoms with Crippen LogP contribution in [0.4, 0.5) is 0 Å². The molecule has 0 saturated carbocycles. The van der Waals surface area contributed by atoms with Gasteiger partial charge >= 0.3 is 0 Å². The van der Waals surface area contributed by atoms with Gasteiger partial charge in [0, 0.05) is 25.2 Å². The van der Waals surface area contributed by atoms with E-state index in [1.54, 1.807) is 0 Å². The molecule has 126 valence electrons. The lowest BCUT2D eigenvalue weighted by molar-refractivity contribution is -0.126. The predicted octanol–water partition coefficient (Wildman–Crippen LogP) is 0.884. The number of ether oxygens (including phenoxy) is 2. The lowest BCUT2D eigenvalue weighted by atomic mass is 10.1. The minimum absolute atomic E-state index is 0.0372. The maximum Gasteiger partial charge on any atom is 0.237 e. The van der Waals surface area contributed by atoms with Crippen LogP contribution in [0.25, 0.3) is 0 Å². The molecule has 0 aliphatic carbocycles. The van der Waals surface area contributed by atoms with Gasteiger partial charge in [-0.15, -0.1) is 0 Å². The van der Waals surface area contributed by atoms with Gasteiger partial charge in [0.15, 0.2) is 11.5 Å². The van der Waals surface area contributed by atoms with E-state index in [-0.39, 0.29) is 24.0 Å². The second kappa shape index (κ2) is 6.76. The van der Waals surface area contributed by atoms with Crippen LogP contribution in [-0.4, -0.2) is 48.7 Å². The molecular formula is C17H25N3O3. The molecular weight excluding hydrogens is 294 g/mol. The molecule has 2 heterocycles. The largest absolute Gasteiger partial charge is 0.486 e. The highest BCUT2D eigenvalue weighted by molar-refractivity contribution is 5.82. The monoisotopic (exact) mass is 319 g/mol.